The normalized spacial score (nSPS) is 16.8. The van der Waals surface area contributed by atoms with Crippen molar-refractivity contribution in [2.75, 3.05) is 20.2 Å². The second-order valence-corrected chi connectivity index (χ2v) is 5.72. The number of carbonyl (C=O) groups is 3. The van der Waals surface area contributed by atoms with Gasteiger partial charge in [-0.05, 0) is 24.0 Å². The highest BCUT2D eigenvalue weighted by molar-refractivity contribution is 5.95. The lowest BCUT2D eigenvalue weighted by Gasteiger charge is -2.34. The zero-order valence-electron chi connectivity index (χ0n) is 14.0. The Kier molecular flexibility index (Phi) is 6.31. The van der Waals surface area contributed by atoms with Crippen LogP contribution in [-0.4, -0.2) is 49.0 Å². The molecule has 1 aromatic carbocycles. The first-order chi connectivity index (χ1) is 11.5. The third-order valence-electron chi connectivity index (χ3n) is 3.95. The molecule has 1 heterocycles. The zero-order chi connectivity index (χ0) is 17.5. The van der Waals surface area contributed by atoms with Crippen molar-refractivity contribution in [3.63, 3.8) is 0 Å². The molecule has 1 aliphatic heterocycles. The maximum Gasteiger partial charge on any atom is 0.323 e. The molecule has 2 N–H and O–H groups in total. The molecular formula is C17H23N3O4. The van der Waals surface area contributed by atoms with Gasteiger partial charge in [-0.1, -0.05) is 31.2 Å². The standard InChI is InChI=1S/C17H23N3O4/c1-3-8-18-17(23)19-15(21)11-20-10-13-7-5-4-6-12(13)9-14(20)16(22)24-2/h4-7,14H,3,8-11H2,1-2H3,(H2,18,19,21,23)/t14-/m1/s1. The lowest BCUT2D eigenvalue weighted by Crippen LogP contribution is -2.51. The summed E-state index contributed by atoms with van der Waals surface area (Å²) < 4.78 is 4.86. The molecule has 0 saturated carbocycles. The monoisotopic (exact) mass is 333 g/mol. The molecule has 0 radical (unpaired) electrons. The molecule has 1 aromatic rings. The summed E-state index contributed by atoms with van der Waals surface area (Å²) in [5.74, 6) is -0.829. The van der Waals surface area contributed by atoms with Crippen LogP contribution in [0.1, 0.15) is 24.5 Å². The molecule has 0 aromatic heterocycles. The number of nitrogens with one attached hydrogen (secondary N) is 2. The molecule has 0 saturated heterocycles. The Bertz CT molecular complexity index is 618. The molecule has 1 atom stereocenters. The summed E-state index contributed by atoms with van der Waals surface area (Å²) in [7, 11) is 1.33. The van der Waals surface area contributed by atoms with Crippen LogP contribution in [0.25, 0.3) is 0 Å². The van der Waals surface area contributed by atoms with Crippen LogP contribution in [-0.2, 0) is 27.3 Å². The number of urea groups is 1. The van der Waals surface area contributed by atoms with E-state index in [1.54, 1.807) is 4.90 Å². The van der Waals surface area contributed by atoms with E-state index in [4.69, 9.17) is 4.74 Å². The summed E-state index contributed by atoms with van der Waals surface area (Å²) in [5.41, 5.74) is 2.14. The summed E-state index contributed by atoms with van der Waals surface area (Å²) in [5, 5.41) is 4.86. The van der Waals surface area contributed by atoms with Gasteiger partial charge in [0.1, 0.15) is 6.04 Å². The Morgan fingerprint density at radius 3 is 2.62 bits per heavy atom. The fourth-order valence-corrected chi connectivity index (χ4v) is 2.75. The van der Waals surface area contributed by atoms with E-state index in [0.717, 1.165) is 17.5 Å². The predicted molar refractivity (Wildman–Crippen MR) is 88.2 cm³/mol. The molecule has 2 rings (SSSR count). The molecule has 0 unspecified atom stereocenters. The van der Waals surface area contributed by atoms with E-state index in [1.807, 2.05) is 31.2 Å². The number of imide groups is 1. The van der Waals surface area contributed by atoms with Gasteiger partial charge in [-0.25, -0.2) is 4.79 Å². The zero-order valence-corrected chi connectivity index (χ0v) is 14.0. The van der Waals surface area contributed by atoms with Crippen LogP contribution >= 0.6 is 0 Å². The summed E-state index contributed by atoms with van der Waals surface area (Å²) >= 11 is 0. The van der Waals surface area contributed by atoms with Crippen LogP contribution in [0.15, 0.2) is 24.3 Å². The summed E-state index contributed by atoms with van der Waals surface area (Å²) in [6, 6.07) is 6.74. The van der Waals surface area contributed by atoms with Crippen LogP contribution in [0.3, 0.4) is 0 Å². The number of hydrogen-bond donors (Lipinski definition) is 2. The fourth-order valence-electron chi connectivity index (χ4n) is 2.75. The smallest absolute Gasteiger partial charge is 0.323 e. The van der Waals surface area contributed by atoms with E-state index in [2.05, 4.69) is 10.6 Å². The summed E-state index contributed by atoms with van der Waals surface area (Å²) in [6.45, 7) is 2.84. The number of rotatable bonds is 5. The third kappa shape index (κ3) is 4.55. The van der Waals surface area contributed by atoms with E-state index >= 15 is 0 Å². The number of esters is 1. The topological polar surface area (TPSA) is 87.7 Å². The van der Waals surface area contributed by atoms with E-state index < -0.39 is 18.0 Å². The SMILES string of the molecule is CCCNC(=O)NC(=O)CN1Cc2ccccc2C[C@@H]1C(=O)OC. The minimum Gasteiger partial charge on any atom is -0.468 e. The van der Waals surface area contributed by atoms with E-state index in [-0.39, 0.29) is 12.5 Å². The molecule has 3 amide bonds. The number of hydrogen-bond acceptors (Lipinski definition) is 5. The molecule has 1 aliphatic rings. The van der Waals surface area contributed by atoms with E-state index in [0.29, 0.717) is 19.5 Å². The maximum absolute atomic E-state index is 12.1. The quantitative estimate of drug-likeness (QED) is 0.779. The Balaban J connectivity index is 2.04. The largest absolute Gasteiger partial charge is 0.468 e. The first-order valence-electron chi connectivity index (χ1n) is 8.01. The number of ether oxygens (including phenoxy) is 1. The third-order valence-corrected chi connectivity index (χ3v) is 3.95. The Morgan fingerprint density at radius 2 is 1.96 bits per heavy atom. The average molecular weight is 333 g/mol. The van der Waals surface area contributed by atoms with Crippen molar-refractivity contribution in [3.8, 4) is 0 Å². The lowest BCUT2D eigenvalue weighted by molar-refractivity contribution is -0.148. The van der Waals surface area contributed by atoms with Gasteiger partial charge < -0.3 is 10.1 Å². The molecule has 7 nitrogen and oxygen atoms in total. The minimum absolute atomic E-state index is 0.0480. The lowest BCUT2D eigenvalue weighted by atomic mass is 9.94. The average Bonchev–Trinajstić information content (AvgIpc) is 2.58. The van der Waals surface area contributed by atoms with Crippen LogP contribution < -0.4 is 10.6 Å². The summed E-state index contributed by atoms with van der Waals surface area (Å²) in [6.07, 6.45) is 1.27. The molecule has 24 heavy (non-hydrogen) atoms. The number of fused-ring (bicyclic) bond motifs is 1. The van der Waals surface area contributed by atoms with Crippen LogP contribution in [0.4, 0.5) is 4.79 Å². The van der Waals surface area contributed by atoms with Gasteiger partial charge in [0, 0.05) is 13.1 Å². The number of methoxy groups -OCH3 is 1. The van der Waals surface area contributed by atoms with Crippen molar-refractivity contribution in [1.82, 2.24) is 15.5 Å². The van der Waals surface area contributed by atoms with Crippen molar-refractivity contribution in [2.45, 2.75) is 32.4 Å². The highest BCUT2D eigenvalue weighted by Crippen LogP contribution is 2.23. The van der Waals surface area contributed by atoms with Gasteiger partial charge in [0.2, 0.25) is 5.91 Å². The molecule has 0 aliphatic carbocycles. The van der Waals surface area contributed by atoms with Crippen molar-refractivity contribution in [2.24, 2.45) is 0 Å². The van der Waals surface area contributed by atoms with Gasteiger partial charge in [0.05, 0.1) is 13.7 Å². The van der Waals surface area contributed by atoms with Crippen LogP contribution in [0.2, 0.25) is 0 Å². The van der Waals surface area contributed by atoms with E-state index in [1.165, 1.54) is 7.11 Å². The predicted octanol–water partition coefficient (Wildman–Crippen LogP) is 0.822. The Labute approximate surface area is 141 Å². The van der Waals surface area contributed by atoms with E-state index in [9.17, 15) is 14.4 Å². The van der Waals surface area contributed by atoms with Crippen molar-refractivity contribution >= 4 is 17.9 Å². The van der Waals surface area contributed by atoms with Crippen molar-refractivity contribution < 1.29 is 19.1 Å². The number of carbonyl (C=O) groups excluding carboxylic acids is 3. The fraction of sp³-hybridized carbons (Fsp3) is 0.471. The molecule has 0 bridgehead atoms. The van der Waals surface area contributed by atoms with Crippen molar-refractivity contribution in [3.05, 3.63) is 35.4 Å². The molecule has 130 valence electrons. The second-order valence-electron chi connectivity index (χ2n) is 5.72. The van der Waals surface area contributed by atoms with Crippen molar-refractivity contribution in [1.29, 1.82) is 0 Å². The molecular weight excluding hydrogens is 310 g/mol. The van der Waals surface area contributed by atoms with Gasteiger partial charge in [-0.3, -0.25) is 19.8 Å². The maximum atomic E-state index is 12.1. The molecule has 7 heteroatoms. The first-order valence-corrected chi connectivity index (χ1v) is 8.01. The van der Waals surface area contributed by atoms with Gasteiger partial charge in [-0.15, -0.1) is 0 Å². The number of nitrogens with zero attached hydrogens (tertiary/aromatic N) is 1. The highest BCUT2D eigenvalue weighted by Gasteiger charge is 2.33. The van der Waals surface area contributed by atoms with Crippen LogP contribution in [0, 0.1) is 0 Å². The van der Waals surface area contributed by atoms with Gasteiger partial charge in [-0.2, -0.15) is 0 Å². The first kappa shape index (κ1) is 17.9. The van der Waals surface area contributed by atoms with Gasteiger partial charge in [0.25, 0.3) is 0 Å². The second kappa shape index (κ2) is 8.44. The number of amides is 3. The summed E-state index contributed by atoms with van der Waals surface area (Å²) in [4.78, 5) is 37.4. The minimum atomic E-state index is -0.533. The molecule has 0 spiro atoms. The Morgan fingerprint density at radius 1 is 1.25 bits per heavy atom. The Hall–Kier alpha value is -2.41. The number of benzene rings is 1. The van der Waals surface area contributed by atoms with Gasteiger partial charge >= 0.3 is 12.0 Å². The molecule has 0 fully saturated rings. The highest BCUT2D eigenvalue weighted by atomic mass is 16.5. The van der Waals surface area contributed by atoms with Crippen LogP contribution in [0.5, 0.6) is 0 Å². The van der Waals surface area contributed by atoms with Gasteiger partial charge in [0.15, 0.2) is 0 Å².